The van der Waals surface area contributed by atoms with Crippen LogP contribution in [-0.2, 0) is 4.79 Å². The van der Waals surface area contributed by atoms with Crippen LogP contribution in [0.5, 0.6) is 0 Å². The second-order valence-electron chi connectivity index (χ2n) is 6.95. The van der Waals surface area contributed by atoms with E-state index in [1.165, 1.54) is 19.3 Å². The molecular formula is C15H25NO2. The molecule has 18 heavy (non-hydrogen) atoms. The van der Waals surface area contributed by atoms with Crippen LogP contribution in [0.3, 0.4) is 0 Å². The summed E-state index contributed by atoms with van der Waals surface area (Å²) in [5.74, 6) is 3.71. The first-order valence-corrected chi connectivity index (χ1v) is 7.49. The molecule has 3 rings (SSSR count). The number of aliphatic hydroxyl groups excluding tert-OH is 1. The summed E-state index contributed by atoms with van der Waals surface area (Å²) in [7, 11) is 0. The van der Waals surface area contributed by atoms with E-state index in [2.05, 4.69) is 0 Å². The highest BCUT2D eigenvalue weighted by atomic mass is 16.3. The lowest BCUT2D eigenvalue weighted by atomic mass is 10.0. The molecule has 3 aliphatic carbocycles. The summed E-state index contributed by atoms with van der Waals surface area (Å²) in [4.78, 5) is 14.5. The Morgan fingerprint density at radius 3 is 2.22 bits per heavy atom. The maximum Gasteiger partial charge on any atom is 0.226 e. The minimum Gasteiger partial charge on any atom is -0.392 e. The number of fused-ring (bicyclic) bond motifs is 5. The Morgan fingerprint density at radius 2 is 1.78 bits per heavy atom. The highest BCUT2D eigenvalue weighted by Gasteiger charge is 2.68. The Morgan fingerprint density at radius 1 is 1.22 bits per heavy atom. The zero-order chi connectivity index (χ0) is 13.0. The first-order chi connectivity index (χ1) is 8.50. The highest BCUT2D eigenvalue weighted by Crippen LogP contribution is 2.69. The Labute approximate surface area is 110 Å². The van der Waals surface area contributed by atoms with Gasteiger partial charge in [-0.1, -0.05) is 0 Å². The number of hydrogen-bond donors (Lipinski definition) is 1. The molecule has 3 aliphatic rings. The average Bonchev–Trinajstić information content (AvgIpc) is 2.73. The molecule has 1 amide bonds. The van der Waals surface area contributed by atoms with E-state index in [1.54, 1.807) is 6.92 Å². The minimum absolute atomic E-state index is 0.200. The molecular weight excluding hydrogens is 226 g/mol. The van der Waals surface area contributed by atoms with Crippen molar-refractivity contribution >= 4 is 5.91 Å². The van der Waals surface area contributed by atoms with Crippen LogP contribution in [0.1, 0.15) is 40.0 Å². The van der Waals surface area contributed by atoms with Crippen LogP contribution >= 0.6 is 0 Å². The van der Waals surface area contributed by atoms with Gasteiger partial charge in [0.1, 0.15) is 0 Å². The molecule has 5 atom stereocenters. The molecule has 1 N–H and O–H groups in total. The summed E-state index contributed by atoms with van der Waals surface area (Å²) in [6.07, 6.45) is 3.67. The first kappa shape index (κ1) is 12.5. The smallest absolute Gasteiger partial charge is 0.226 e. The van der Waals surface area contributed by atoms with Gasteiger partial charge in [-0.3, -0.25) is 4.79 Å². The van der Waals surface area contributed by atoms with Crippen molar-refractivity contribution in [3.8, 4) is 0 Å². The quantitative estimate of drug-likeness (QED) is 0.829. The highest BCUT2D eigenvalue weighted by molar-refractivity contribution is 5.83. The molecule has 3 heteroatoms. The third-order valence-corrected chi connectivity index (χ3v) is 5.39. The van der Waals surface area contributed by atoms with Crippen molar-refractivity contribution in [1.29, 1.82) is 0 Å². The summed E-state index contributed by atoms with van der Waals surface area (Å²) in [5, 5.41) is 9.55. The van der Waals surface area contributed by atoms with Crippen LogP contribution in [0.2, 0.25) is 0 Å². The van der Waals surface area contributed by atoms with Gasteiger partial charge in [0, 0.05) is 18.5 Å². The van der Waals surface area contributed by atoms with Crippen LogP contribution in [-0.4, -0.2) is 34.6 Å². The number of rotatable bonds is 4. The Bertz CT molecular complexity index is 336. The van der Waals surface area contributed by atoms with Gasteiger partial charge in [0.2, 0.25) is 5.91 Å². The second kappa shape index (κ2) is 4.22. The first-order valence-electron chi connectivity index (χ1n) is 7.49. The maximum atomic E-state index is 12.6. The van der Waals surface area contributed by atoms with Crippen LogP contribution in [0.25, 0.3) is 0 Å². The number of carbonyl (C=O) groups excluding carboxylic acids is 1. The maximum absolute atomic E-state index is 12.6. The summed E-state index contributed by atoms with van der Waals surface area (Å²) < 4.78 is 0. The van der Waals surface area contributed by atoms with Gasteiger partial charge in [-0.2, -0.15) is 0 Å². The van der Waals surface area contributed by atoms with Crippen molar-refractivity contribution in [2.24, 2.45) is 29.6 Å². The van der Waals surface area contributed by atoms with Gasteiger partial charge in [0.25, 0.3) is 0 Å². The second-order valence-corrected chi connectivity index (χ2v) is 6.95. The van der Waals surface area contributed by atoms with Crippen molar-refractivity contribution in [3.05, 3.63) is 0 Å². The zero-order valence-electron chi connectivity index (χ0n) is 11.7. The predicted octanol–water partition coefficient (Wildman–Crippen LogP) is 1.90. The largest absolute Gasteiger partial charge is 0.392 e. The Kier molecular flexibility index (Phi) is 2.92. The fourth-order valence-corrected chi connectivity index (χ4v) is 4.69. The summed E-state index contributed by atoms with van der Waals surface area (Å²) >= 11 is 0. The van der Waals surface area contributed by atoms with Crippen LogP contribution in [0, 0.1) is 29.6 Å². The van der Waals surface area contributed by atoms with Gasteiger partial charge in [0.15, 0.2) is 0 Å². The molecule has 0 aliphatic heterocycles. The van der Waals surface area contributed by atoms with Crippen molar-refractivity contribution < 1.29 is 9.90 Å². The van der Waals surface area contributed by atoms with E-state index in [0.717, 1.165) is 11.8 Å². The molecule has 0 aromatic rings. The van der Waals surface area contributed by atoms with E-state index in [4.69, 9.17) is 0 Å². The molecule has 0 heterocycles. The lowest BCUT2D eigenvalue weighted by molar-refractivity contribution is -0.136. The van der Waals surface area contributed by atoms with E-state index in [0.29, 0.717) is 30.2 Å². The molecule has 0 spiro atoms. The molecule has 0 aromatic heterocycles. The third kappa shape index (κ3) is 1.78. The van der Waals surface area contributed by atoms with E-state index in [-0.39, 0.29) is 6.04 Å². The van der Waals surface area contributed by atoms with Gasteiger partial charge >= 0.3 is 0 Å². The molecule has 3 fully saturated rings. The molecule has 0 saturated heterocycles. The average molecular weight is 251 g/mol. The van der Waals surface area contributed by atoms with Crippen LogP contribution in [0.15, 0.2) is 0 Å². The molecule has 0 aromatic carbocycles. The van der Waals surface area contributed by atoms with E-state index in [9.17, 15) is 9.90 Å². The molecule has 3 saturated carbocycles. The topological polar surface area (TPSA) is 40.5 Å². The van der Waals surface area contributed by atoms with Gasteiger partial charge in [-0.05, 0) is 63.7 Å². The number of hydrogen-bond acceptors (Lipinski definition) is 2. The monoisotopic (exact) mass is 251 g/mol. The number of carbonyl (C=O) groups is 1. The van der Waals surface area contributed by atoms with Gasteiger partial charge in [0.05, 0.1) is 6.10 Å². The standard InChI is InChI=1S/C15H25NO2/c1-8(2)16(7-9(3)17)15(18)14-12-10-4-5-11(6-10)13(12)14/h8-14,17H,4-7H2,1-3H3. The SMILES string of the molecule is CC(O)CN(C(=O)C1C2C3CCC(C3)C12)C(C)C. The lowest BCUT2D eigenvalue weighted by Crippen LogP contribution is -2.43. The lowest BCUT2D eigenvalue weighted by Gasteiger charge is -2.29. The van der Waals surface area contributed by atoms with Crippen molar-refractivity contribution in [2.45, 2.75) is 52.2 Å². The Hall–Kier alpha value is -0.570. The number of aliphatic hydroxyl groups is 1. The van der Waals surface area contributed by atoms with Crippen LogP contribution in [0.4, 0.5) is 0 Å². The molecule has 5 unspecified atom stereocenters. The summed E-state index contributed by atoms with van der Waals surface area (Å²) in [6.45, 7) is 6.35. The fourth-order valence-electron chi connectivity index (χ4n) is 4.69. The minimum atomic E-state index is -0.424. The number of nitrogens with zero attached hydrogens (tertiary/aromatic N) is 1. The van der Waals surface area contributed by atoms with E-state index < -0.39 is 6.10 Å². The fraction of sp³-hybridized carbons (Fsp3) is 0.933. The summed E-state index contributed by atoms with van der Waals surface area (Å²) in [6, 6.07) is 0.200. The van der Waals surface area contributed by atoms with Gasteiger partial charge < -0.3 is 10.0 Å². The molecule has 3 nitrogen and oxygen atoms in total. The molecule has 2 bridgehead atoms. The zero-order valence-corrected chi connectivity index (χ0v) is 11.7. The van der Waals surface area contributed by atoms with E-state index in [1.807, 2.05) is 18.7 Å². The van der Waals surface area contributed by atoms with E-state index >= 15 is 0 Å². The van der Waals surface area contributed by atoms with Gasteiger partial charge in [-0.25, -0.2) is 0 Å². The van der Waals surface area contributed by atoms with Gasteiger partial charge in [-0.15, -0.1) is 0 Å². The van der Waals surface area contributed by atoms with Crippen molar-refractivity contribution in [3.63, 3.8) is 0 Å². The van der Waals surface area contributed by atoms with Crippen LogP contribution < -0.4 is 0 Å². The normalized spacial score (nSPS) is 41.9. The van der Waals surface area contributed by atoms with Crippen molar-refractivity contribution in [1.82, 2.24) is 4.90 Å². The van der Waals surface area contributed by atoms with Crippen molar-refractivity contribution in [2.75, 3.05) is 6.54 Å². The number of amides is 1. The Balaban J connectivity index is 1.68. The molecule has 102 valence electrons. The third-order valence-electron chi connectivity index (χ3n) is 5.39. The summed E-state index contributed by atoms with van der Waals surface area (Å²) in [5.41, 5.74) is 0. The predicted molar refractivity (Wildman–Crippen MR) is 69.8 cm³/mol. The molecule has 0 radical (unpaired) electrons.